The lowest BCUT2D eigenvalue weighted by molar-refractivity contribution is 1.41. The third-order valence-corrected chi connectivity index (χ3v) is 4.96. The number of halogens is 1. The van der Waals surface area contributed by atoms with Crippen LogP contribution in [0.3, 0.4) is 0 Å². The lowest BCUT2D eigenvalue weighted by atomic mass is 10.2. The van der Waals surface area contributed by atoms with Crippen molar-refractivity contribution in [2.45, 2.75) is 0 Å². The smallest absolute Gasteiger partial charge is 0.134 e. The van der Waals surface area contributed by atoms with Crippen molar-refractivity contribution < 1.29 is 0 Å². The molecule has 0 aliphatic heterocycles. The predicted molar refractivity (Wildman–Crippen MR) is 78.6 cm³/mol. The molecule has 0 unspecified atom stereocenters. The molecule has 84 valence electrons. The highest BCUT2D eigenvalue weighted by Gasteiger charge is 2.09. The Balaban J connectivity index is 2.04. The zero-order chi connectivity index (χ0) is 11.7. The molecule has 0 radical (unpaired) electrons. The molecule has 0 bridgehead atoms. The van der Waals surface area contributed by atoms with E-state index < -0.39 is 0 Å². The maximum atomic E-state index is 4.68. The van der Waals surface area contributed by atoms with Gasteiger partial charge < -0.3 is 0 Å². The summed E-state index contributed by atoms with van der Waals surface area (Å²) in [5, 5.41) is 5.27. The van der Waals surface area contributed by atoms with Gasteiger partial charge in [-0.3, -0.25) is 0 Å². The first-order valence-corrected chi connectivity index (χ1v) is 7.64. The van der Waals surface area contributed by atoms with Crippen LogP contribution < -0.4 is 0 Å². The number of rotatable bonds is 2. The fraction of sp³-hybridized carbons (Fsp3) is 0. The number of thiophene rings is 1. The second kappa shape index (κ2) is 4.72. The lowest BCUT2D eigenvalue weighted by Crippen LogP contribution is -1.79. The number of hydrogen-bond acceptors (Lipinski definition) is 3. The van der Waals surface area contributed by atoms with E-state index in [2.05, 4.69) is 49.9 Å². The Hall–Kier alpha value is -0.970. The molecule has 0 spiro atoms. The number of hydrogen-bond donors (Lipinski definition) is 0. The van der Waals surface area contributed by atoms with Crippen LogP contribution in [0, 0.1) is 0 Å². The Bertz CT molecular complexity index is 628. The van der Waals surface area contributed by atoms with Gasteiger partial charge in [-0.1, -0.05) is 40.2 Å². The van der Waals surface area contributed by atoms with Crippen molar-refractivity contribution in [2.24, 2.45) is 0 Å². The highest BCUT2D eigenvalue weighted by atomic mass is 79.9. The Morgan fingerprint density at radius 3 is 2.65 bits per heavy atom. The standard InChI is InChI=1S/C13H8BrNS2/c14-10-5-2-1-4-9(10)11-8-17-13(15-11)12-6-3-7-16-12/h1-8H. The molecule has 17 heavy (non-hydrogen) atoms. The van der Waals surface area contributed by atoms with E-state index in [1.54, 1.807) is 22.7 Å². The van der Waals surface area contributed by atoms with Gasteiger partial charge in [0, 0.05) is 15.4 Å². The molecule has 1 nitrogen and oxygen atoms in total. The third-order valence-electron chi connectivity index (χ3n) is 2.39. The second-order valence-corrected chi connectivity index (χ2v) is 6.16. The first-order chi connectivity index (χ1) is 8.34. The zero-order valence-corrected chi connectivity index (χ0v) is 12.0. The summed E-state index contributed by atoms with van der Waals surface area (Å²) in [4.78, 5) is 5.91. The molecule has 2 heterocycles. The highest BCUT2D eigenvalue weighted by Crippen LogP contribution is 2.34. The summed E-state index contributed by atoms with van der Waals surface area (Å²) in [5.41, 5.74) is 2.18. The van der Waals surface area contributed by atoms with Gasteiger partial charge in [0.15, 0.2) is 0 Å². The monoisotopic (exact) mass is 321 g/mol. The van der Waals surface area contributed by atoms with Gasteiger partial charge in [-0.05, 0) is 17.5 Å². The predicted octanol–water partition coefficient (Wildman–Crippen LogP) is 5.30. The molecule has 0 saturated carbocycles. The van der Waals surface area contributed by atoms with Crippen molar-refractivity contribution >= 4 is 38.6 Å². The van der Waals surface area contributed by atoms with Crippen LogP contribution in [-0.4, -0.2) is 4.98 Å². The molecule has 3 rings (SSSR count). The van der Waals surface area contributed by atoms with Gasteiger partial charge in [0.05, 0.1) is 10.6 Å². The van der Waals surface area contributed by atoms with Crippen molar-refractivity contribution in [1.29, 1.82) is 0 Å². The summed E-state index contributed by atoms with van der Waals surface area (Å²) in [6, 6.07) is 12.3. The lowest BCUT2D eigenvalue weighted by Gasteiger charge is -1.98. The molecule has 4 heteroatoms. The van der Waals surface area contributed by atoms with Crippen LogP contribution in [-0.2, 0) is 0 Å². The molecule has 0 amide bonds. The van der Waals surface area contributed by atoms with E-state index in [0.717, 1.165) is 20.7 Å². The van der Waals surface area contributed by atoms with E-state index in [0.29, 0.717) is 0 Å². The van der Waals surface area contributed by atoms with Gasteiger partial charge in [-0.2, -0.15) is 0 Å². The minimum absolute atomic E-state index is 1.03. The van der Waals surface area contributed by atoms with E-state index in [1.807, 2.05) is 18.2 Å². The van der Waals surface area contributed by atoms with Crippen molar-refractivity contribution in [1.82, 2.24) is 4.98 Å². The summed E-state index contributed by atoms with van der Waals surface area (Å²) in [6.07, 6.45) is 0. The molecule has 0 aliphatic rings. The van der Waals surface area contributed by atoms with Gasteiger partial charge in [0.25, 0.3) is 0 Å². The molecular weight excluding hydrogens is 314 g/mol. The highest BCUT2D eigenvalue weighted by molar-refractivity contribution is 9.10. The molecule has 0 N–H and O–H groups in total. The fourth-order valence-electron chi connectivity index (χ4n) is 1.58. The zero-order valence-electron chi connectivity index (χ0n) is 8.76. The molecule has 0 aliphatic carbocycles. The molecule has 1 aromatic carbocycles. The van der Waals surface area contributed by atoms with Crippen molar-refractivity contribution in [3.05, 3.63) is 51.6 Å². The number of aromatic nitrogens is 1. The maximum Gasteiger partial charge on any atom is 0.134 e. The summed E-state index contributed by atoms with van der Waals surface area (Å²) in [7, 11) is 0. The third kappa shape index (κ3) is 2.20. The van der Waals surface area contributed by atoms with Crippen LogP contribution in [0.1, 0.15) is 0 Å². The molecule has 0 fully saturated rings. The SMILES string of the molecule is Brc1ccccc1-c1csc(-c2cccs2)n1. The number of nitrogens with zero attached hydrogens (tertiary/aromatic N) is 1. The molecular formula is C13H8BrNS2. The minimum Gasteiger partial charge on any atom is -0.235 e. The van der Waals surface area contributed by atoms with Gasteiger partial charge in [-0.25, -0.2) is 4.98 Å². The normalized spacial score (nSPS) is 10.6. The quantitative estimate of drug-likeness (QED) is 0.624. The Kier molecular flexibility index (Phi) is 3.09. The van der Waals surface area contributed by atoms with Crippen LogP contribution in [0.4, 0.5) is 0 Å². The molecule has 0 atom stereocenters. The summed E-state index contributed by atoms with van der Waals surface area (Å²) < 4.78 is 1.09. The average Bonchev–Trinajstić information content (AvgIpc) is 3.00. The van der Waals surface area contributed by atoms with E-state index in [1.165, 1.54) is 4.88 Å². The molecule has 3 aromatic rings. The Labute approximate surface area is 116 Å². The van der Waals surface area contributed by atoms with Crippen LogP contribution in [0.15, 0.2) is 51.6 Å². The van der Waals surface area contributed by atoms with Gasteiger partial charge in [-0.15, -0.1) is 22.7 Å². The summed E-state index contributed by atoms with van der Waals surface area (Å²) in [5.74, 6) is 0. The minimum atomic E-state index is 1.03. The second-order valence-electron chi connectivity index (χ2n) is 3.50. The topological polar surface area (TPSA) is 12.9 Å². The van der Waals surface area contributed by atoms with Crippen LogP contribution in [0.2, 0.25) is 0 Å². The van der Waals surface area contributed by atoms with Crippen LogP contribution in [0.5, 0.6) is 0 Å². The van der Waals surface area contributed by atoms with Crippen molar-refractivity contribution in [2.75, 3.05) is 0 Å². The van der Waals surface area contributed by atoms with E-state index in [9.17, 15) is 0 Å². The maximum absolute atomic E-state index is 4.68. The number of thiazole rings is 1. The Morgan fingerprint density at radius 2 is 1.88 bits per heavy atom. The number of benzene rings is 1. The average molecular weight is 322 g/mol. The van der Waals surface area contributed by atoms with Crippen molar-refractivity contribution in [3.8, 4) is 21.1 Å². The van der Waals surface area contributed by atoms with Gasteiger partial charge in [0.2, 0.25) is 0 Å². The van der Waals surface area contributed by atoms with Crippen LogP contribution in [0.25, 0.3) is 21.1 Å². The van der Waals surface area contributed by atoms with E-state index in [-0.39, 0.29) is 0 Å². The Morgan fingerprint density at radius 1 is 1.00 bits per heavy atom. The van der Waals surface area contributed by atoms with Gasteiger partial charge >= 0.3 is 0 Å². The van der Waals surface area contributed by atoms with E-state index >= 15 is 0 Å². The van der Waals surface area contributed by atoms with Gasteiger partial charge in [0.1, 0.15) is 5.01 Å². The summed E-state index contributed by atoms with van der Waals surface area (Å²) in [6.45, 7) is 0. The summed E-state index contributed by atoms with van der Waals surface area (Å²) >= 11 is 6.97. The first-order valence-electron chi connectivity index (χ1n) is 5.09. The van der Waals surface area contributed by atoms with Crippen LogP contribution >= 0.6 is 38.6 Å². The largest absolute Gasteiger partial charge is 0.235 e. The van der Waals surface area contributed by atoms with E-state index in [4.69, 9.17) is 0 Å². The fourth-order valence-corrected chi connectivity index (χ4v) is 3.70. The molecule has 2 aromatic heterocycles. The molecule has 0 saturated heterocycles. The van der Waals surface area contributed by atoms with Crippen molar-refractivity contribution in [3.63, 3.8) is 0 Å². The first kappa shape index (κ1) is 11.1.